The average Bonchev–Trinajstić information content (AvgIpc) is 2.55. The van der Waals surface area contributed by atoms with E-state index in [1.165, 1.54) is 7.11 Å². The monoisotopic (exact) mass is 346 g/mol. The van der Waals surface area contributed by atoms with Crippen LogP contribution >= 0.6 is 11.6 Å². The Labute approximate surface area is 145 Å². The van der Waals surface area contributed by atoms with E-state index in [1.807, 2.05) is 0 Å². The highest BCUT2D eigenvalue weighted by Crippen LogP contribution is 2.19. The molecule has 3 N–H and O–H groups in total. The van der Waals surface area contributed by atoms with Crippen LogP contribution in [0, 0.1) is 6.92 Å². The van der Waals surface area contributed by atoms with Crippen molar-refractivity contribution >= 4 is 29.2 Å². The lowest BCUT2D eigenvalue weighted by Gasteiger charge is -2.18. The van der Waals surface area contributed by atoms with Gasteiger partial charge in [0.25, 0.3) is 5.91 Å². The zero-order chi connectivity index (χ0) is 17.7. The third-order valence-electron chi connectivity index (χ3n) is 3.66. The summed E-state index contributed by atoms with van der Waals surface area (Å²) in [5, 5.41) is 3.04. The SMILES string of the molecule is COC(=O)[C@H](Cc1ccc(N)cc1)NC(=O)c1c(C)cccc1Cl. The molecule has 0 fully saturated rings. The first-order valence-corrected chi connectivity index (χ1v) is 7.78. The van der Waals surface area contributed by atoms with Crippen molar-refractivity contribution in [3.8, 4) is 0 Å². The van der Waals surface area contributed by atoms with Crippen LogP contribution in [0.4, 0.5) is 5.69 Å². The third-order valence-corrected chi connectivity index (χ3v) is 3.97. The predicted octanol–water partition coefficient (Wildman–Crippen LogP) is 2.74. The molecule has 0 heterocycles. The molecule has 0 aliphatic heterocycles. The number of ether oxygens (including phenoxy) is 1. The molecular weight excluding hydrogens is 328 g/mol. The molecule has 6 heteroatoms. The molecule has 24 heavy (non-hydrogen) atoms. The van der Waals surface area contributed by atoms with Gasteiger partial charge in [-0.05, 0) is 36.2 Å². The Morgan fingerprint density at radius 2 is 1.88 bits per heavy atom. The summed E-state index contributed by atoms with van der Waals surface area (Å²) in [6, 6.07) is 11.5. The van der Waals surface area contributed by atoms with Gasteiger partial charge in [-0.1, -0.05) is 35.9 Å². The molecule has 0 bridgehead atoms. The van der Waals surface area contributed by atoms with Gasteiger partial charge in [-0.25, -0.2) is 4.79 Å². The van der Waals surface area contributed by atoms with Crippen LogP contribution in [0.5, 0.6) is 0 Å². The third kappa shape index (κ3) is 4.26. The first-order chi connectivity index (χ1) is 11.4. The van der Waals surface area contributed by atoms with Crippen molar-refractivity contribution in [3.05, 3.63) is 64.2 Å². The number of nitrogens with one attached hydrogen (secondary N) is 1. The Morgan fingerprint density at radius 1 is 1.21 bits per heavy atom. The molecular formula is C18H19ClN2O3. The molecule has 0 unspecified atom stereocenters. The molecule has 0 saturated carbocycles. The summed E-state index contributed by atoms with van der Waals surface area (Å²) < 4.78 is 4.79. The fraction of sp³-hybridized carbons (Fsp3) is 0.222. The molecule has 2 aromatic carbocycles. The van der Waals surface area contributed by atoms with Crippen LogP contribution in [0.2, 0.25) is 5.02 Å². The number of anilines is 1. The standard InChI is InChI=1S/C18H19ClN2O3/c1-11-4-3-5-14(19)16(11)17(22)21-15(18(23)24-2)10-12-6-8-13(20)9-7-12/h3-9,15H,10,20H2,1-2H3,(H,21,22)/t15-/m0/s1. The summed E-state index contributed by atoms with van der Waals surface area (Å²) in [5.74, 6) is -0.936. The van der Waals surface area contributed by atoms with E-state index in [1.54, 1.807) is 49.4 Å². The van der Waals surface area contributed by atoms with Crippen LogP contribution in [0.25, 0.3) is 0 Å². The van der Waals surface area contributed by atoms with Gasteiger partial charge in [-0.2, -0.15) is 0 Å². The Hall–Kier alpha value is -2.53. The summed E-state index contributed by atoms with van der Waals surface area (Å²) in [6.07, 6.45) is 0.294. The van der Waals surface area contributed by atoms with E-state index in [9.17, 15) is 9.59 Å². The lowest BCUT2D eigenvalue weighted by molar-refractivity contribution is -0.142. The molecule has 0 spiro atoms. The molecule has 0 saturated heterocycles. The van der Waals surface area contributed by atoms with Gasteiger partial charge in [0.05, 0.1) is 17.7 Å². The number of rotatable bonds is 5. The van der Waals surface area contributed by atoms with E-state index in [-0.39, 0.29) is 0 Å². The molecule has 2 aromatic rings. The Balaban J connectivity index is 2.21. The molecule has 5 nitrogen and oxygen atoms in total. The summed E-state index contributed by atoms with van der Waals surface area (Å²) >= 11 is 6.11. The molecule has 126 valence electrons. The Bertz CT molecular complexity index is 724. The van der Waals surface area contributed by atoms with Crippen LogP contribution < -0.4 is 11.1 Å². The van der Waals surface area contributed by atoms with Gasteiger partial charge in [0.1, 0.15) is 6.04 Å². The second-order valence-electron chi connectivity index (χ2n) is 5.43. The summed E-state index contributed by atoms with van der Waals surface area (Å²) in [5.41, 5.74) is 8.23. The van der Waals surface area contributed by atoms with Gasteiger partial charge in [0.2, 0.25) is 0 Å². The maximum atomic E-state index is 12.5. The number of benzene rings is 2. The van der Waals surface area contributed by atoms with Gasteiger partial charge in [0.15, 0.2) is 0 Å². The Morgan fingerprint density at radius 3 is 2.46 bits per heavy atom. The molecule has 0 aliphatic rings. The largest absolute Gasteiger partial charge is 0.467 e. The first-order valence-electron chi connectivity index (χ1n) is 7.40. The quantitative estimate of drug-likeness (QED) is 0.644. The second-order valence-corrected chi connectivity index (χ2v) is 5.83. The maximum Gasteiger partial charge on any atom is 0.328 e. The molecule has 0 aliphatic carbocycles. The average molecular weight is 347 g/mol. The zero-order valence-corrected chi connectivity index (χ0v) is 14.3. The van der Waals surface area contributed by atoms with E-state index in [0.717, 1.165) is 11.1 Å². The van der Waals surface area contributed by atoms with E-state index in [0.29, 0.717) is 22.7 Å². The minimum atomic E-state index is -0.818. The summed E-state index contributed by atoms with van der Waals surface area (Å²) in [6.45, 7) is 1.79. The van der Waals surface area contributed by atoms with Crippen molar-refractivity contribution in [2.24, 2.45) is 0 Å². The van der Waals surface area contributed by atoms with Gasteiger partial charge < -0.3 is 15.8 Å². The van der Waals surface area contributed by atoms with Crippen molar-refractivity contribution < 1.29 is 14.3 Å². The van der Waals surface area contributed by atoms with E-state index in [4.69, 9.17) is 22.1 Å². The highest BCUT2D eigenvalue weighted by Gasteiger charge is 2.24. The number of aryl methyl sites for hydroxylation is 1. The van der Waals surface area contributed by atoms with E-state index < -0.39 is 17.9 Å². The van der Waals surface area contributed by atoms with Crippen LogP contribution in [-0.4, -0.2) is 25.0 Å². The van der Waals surface area contributed by atoms with Crippen LogP contribution in [-0.2, 0) is 16.0 Å². The van der Waals surface area contributed by atoms with Crippen molar-refractivity contribution in [1.82, 2.24) is 5.32 Å². The Kier molecular flexibility index (Phi) is 5.82. The van der Waals surface area contributed by atoms with Crippen LogP contribution in [0.1, 0.15) is 21.5 Å². The zero-order valence-electron chi connectivity index (χ0n) is 13.5. The number of methoxy groups -OCH3 is 1. The maximum absolute atomic E-state index is 12.5. The number of halogens is 1. The number of nitrogen functional groups attached to an aromatic ring is 1. The highest BCUT2D eigenvalue weighted by molar-refractivity contribution is 6.34. The van der Waals surface area contributed by atoms with Crippen molar-refractivity contribution in [2.75, 3.05) is 12.8 Å². The van der Waals surface area contributed by atoms with Gasteiger partial charge in [-0.3, -0.25) is 4.79 Å². The summed E-state index contributed by atoms with van der Waals surface area (Å²) in [7, 11) is 1.28. The van der Waals surface area contributed by atoms with E-state index >= 15 is 0 Å². The van der Waals surface area contributed by atoms with Crippen LogP contribution in [0.3, 0.4) is 0 Å². The van der Waals surface area contributed by atoms with E-state index in [2.05, 4.69) is 5.32 Å². The number of esters is 1. The van der Waals surface area contributed by atoms with Crippen molar-refractivity contribution in [2.45, 2.75) is 19.4 Å². The molecule has 0 radical (unpaired) electrons. The minimum Gasteiger partial charge on any atom is -0.467 e. The first kappa shape index (κ1) is 17.8. The lowest BCUT2D eigenvalue weighted by atomic mass is 10.0. The molecule has 2 rings (SSSR count). The van der Waals surface area contributed by atoms with Gasteiger partial charge in [-0.15, -0.1) is 0 Å². The highest BCUT2D eigenvalue weighted by atomic mass is 35.5. The number of carbonyl (C=O) groups is 2. The predicted molar refractivity (Wildman–Crippen MR) is 94.0 cm³/mol. The number of hydrogen-bond donors (Lipinski definition) is 2. The van der Waals surface area contributed by atoms with Gasteiger partial charge in [0, 0.05) is 12.1 Å². The fourth-order valence-electron chi connectivity index (χ4n) is 2.37. The minimum absolute atomic E-state index is 0.294. The number of nitrogens with two attached hydrogens (primary N) is 1. The fourth-order valence-corrected chi connectivity index (χ4v) is 2.68. The summed E-state index contributed by atoms with van der Waals surface area (Å²) in [4.78, 5) is 24.6. The smallest absolute Gasteiger partial charge is 0.328 e. The molecule has 0 aromatic heterocycles. The molecule has 1 amide bonds. The normalized spacial score (nSPS) is 11.6. The van der Waals surface area contributed by atoms with Crippen molar-refractivity contribution in [3.63, 3.8) is 0 Å². The van der Waals surface area contributed by atoms with Crippen LogP contribution in [0.15, 0.2) is 42.5 Å². The van der Waals surface area contributed by atoms with Crippen molar-refractivity contribution in [1.29, 1.82) is 0 Å². The topological polar surface area (TPSA) is 81.4 Å². The lowest BCUT2D eigenvalue weighted by Crippen LogP contribution is -2.43. The number of carbonyl (C=O) groups excluding carboxylic acids is 2. The molecule has 1 atom stereocenters. The number of amides is 1. The van der Waals surface area contributed by atoms with Gasteiger partial charge >= 0.3 is 5.97 Å². The number of hydrogen-bond acceptors (Lipinski definition) is 4. The second kappa shape index (κ2) is 7.84.